The SMILES string of the molecule is O=C1C[C@@H](C(=O)N2CCCC[C@H]2c2cccnc2)CN1c1ccccc1. The number of hydrogen-bond acceptors (Lipinski definition) is 3. The molecular formula is C21H23N3O2. The minimum absolute atomic E-state index is 0.0319. The Morgan fingerprint density at radius 3 is 2.69 bits per heavy atom. The molecule has 2 amide bonds. The predicted octanol–water partition coefficient (Wildman–Crippen LogP) is 3.19. The molecule has 3 heterocycles. The van der Waals surface area contributed by atoms with Gasteiger partial charge in [0, 0.05) is 37.6 Å². The van der Waals surface area contributed by atoms with Crippen molar-refractivity contribution in [3.8, 4) is 0 Å². The van der Waals surface area contributed by atoms with Crippen LogP contribution in [0.25, 0.3) is 0 Å². The van der Waals surface area contributed by atoms with Gasteiger partial charge in [0.1, 0.15) is 0 Å². The molecule has 1 aromatic heterocycles. The van der Waals surface area contributed by atoms with Gasteiger partial charge in [0.2, 0.25) is 11.8 Å². The summed E-state index contributed by atoms with van der Waals surface area (Å²) in [7, 11) is 0. The van der Waals surface area contributed by atoms with E-state index in [0.717, 1.165) is 37.1 Å². The molecule has 5 heteroatoms. The van der Waals surface area contributed by atoms with Gasteiger partial charge < -0.3 is 9.80 Å². The first kappa shape index (κ1) is 16.8. The van der Waals surface area contributed by atoms with Gasteiger partial charge in [0.15, 0.2) is 0 Å². The number of hydrogen-bond donors (Lipinski definition) is 0. The highest BCUT2D eigenvalue weighted by Gasteiger charge is 2.39. The average Bonchev–Trinajstić information content (AvgIpc) is 3.10. The van der Waals surface area contributed by atoms with Crippen LogP contribution in [-0.4, -0.2) is 34.8 Å². The first-order valence-corrected chi connectivity index (χ1v) is 9.30. The molecule has 2 aliphatic heterocycles. The van der Waals surface area contributed by atoms with Gasteiger partial charge in [-0.15, -0.1) is 0 Å². The second kappa shape index (κ2) is 7.28. The molecule has 0 radical (unpaired) electrons. The van der Waals surface area contributed by atoms with Crippen LogP contribution < -0.4 is 4.90 Å². The van der Waals surface area contributed by atoms with Crippen LogP contribution in [0.15, 0.2) is 54.9 Å². The molecule has 2 aliphatic rings. The molecule has 2 saturated heterocycles. The van der Waals surface area contributed by atoms with E-state index in [1.54, 1.807) is 11.1 Å². The third-order valence-corrected chi connectivity index (χ3v) is 5.40. The minimum Gasteiger partial charge on any atom is -0.335 e. The lowest BCUT2D eigenvalue weighted by atomic mass is 9.94. The summed E-state index contributed by atoms with van der Waals surface area (Å²) in [5, 5.41) is 0. The largest absolute Gasteiger partial charge is 0.335 e. The van der Waals surface area contributed by atoms with Crippen molar-refractivity contribution in [3.63, 3.8) is 0 Å². The highest BCUT2D eigenvalue weighted by molar-refractivity contribution is 6.00. The first-order valence-electron chi connectivity index (χ1n) is 9.30. The Morgan fingerprint density at radius 2 is 1.92 bits per heavy atom. The Labute approximate surface area is 153 Å². The third-order valence-electron chi connectivity index (χ3n) is 5.40. The van der Waals surface area contributed by atoms with Crippen LogP contribution in [0.5, 0.6) is 0 Å². The molecule has 2 fully saturated rings. The van der Waals surface area contributed by atoms with Crippen molar-refractivity contribution < 1.29 is 9.59 Å². The number of pyridine rings is 1. The summed E-state index contributed by atoms with van der Waals surface area (Å²) in [5.74, 6) is -0.130. The van der Waals surface area contributed by atoms with Gasteiger partial charge in [-0.3, -0.25) is 14.6 Å². The Kier molecular flexibility index (Phi) is 4.69. The third kappa shape index (κ3) is 3.21. The quantitative estimate of drug-likeness (QED) is 0.855. The molecule has 4 rings (SSSR count). The van der Waals surface area contributed by atoms with Crippen molar-refractivity contribution >= 4 is 17.5 Å². The van der Waals surface area contributed by atoms with E-state index in [9.17, 15) is 9.59 Å². The summed E-state index contributed by atoms with van der Waals surface area (Å²) in [4.78, 5) is 33.6. The number of carbonyl (C=O) groups is 2. The molecule has 26 heavy (non-hydrogen) atoms. The fourth-order valence-electron chi connectivity index (χ4n) is 4.08. The lowest BCUT2D eigenvalue weighted by Crippen LogP contribution is -2.42. The monoisotopic (exact) mass is 349 g/mol. The Hall–Kier alpha value is -2.69. The fourth-order valence-corrected chi connectivity index (χ4v) is 4.08. The van der Waals surface area contributed by atoms with E-state index in [1.165, 1.54) is 0 Å². The van der Waals surface area contributed by atoms with Gasteiger partial charge in [0.05, 0.1) is 12.0 Å². The van der Waals surface area contributed by atoms with E-state index in [-0.39, 0.29) is 23.8 Å². The summed E-state index contributed by atoms with van der Waals surface area (Å²) in [6.45, 7) is 1.23. The number of carbonyl (C=O) groups excluding carboxylic acids is 2. The van der Waals surface area contributed by atoms with Crippen LogP contribution in [0.4, 0.5) is 5.69 Å². The zero-order valence-corrected chi connectivity index (χ0v) is 14.8. The van der Waals surface area contributed by atoms with Crippen molar-refractivity contribution in [2.24, 2.45) is 5.92 Å². The van der Waals surface area contributed by atoms with Gasteiger partial charge in [-0.25, -0.2) is 0 Å². The number of aromatic nitrogens is 1. The molecule has 134 valence electrons. The number of para-hydroxylation sites is 1. The lowest BCUT2D eigenvalue weighted by molar-refractivity contribution is -0.139. The van der Waals surface area contributed by atoms with Gasteiger partial charge in [0.25, 0.3) is 0 Å². The van der Waals surface area contributed by atoms with E-state index in [4.69, 9.17) is 0 Å². The van der Waals surface area contributed by atoms with Crippen molar-refractivity contribution in [3.05, 3.63) is 60.4 Å². The summed E-state index contributed by atoms with van der Waals surface area (Å²) < 4.78 is 0. The zero-order valence-electron chi connectivity index (χ0n) is 14.8. The second-order valence-electron chi connectivity index (χ2n) is 7.07. The maximum absolute atomic E-state index is 13.2. The fraction of sp³-hybridized carbons (Fsp3) is 0.381. The van der Waals surface area contributed by atoms with E-state index < -0.39 is 0 Å². The molecule has 2 atom stereocenters. The summed E-state index contributed by atoms with van der Waals surface area (Å²) in [6.07, 6.45) is 7.00. The maximum Gasteiger partial charge on any atom is 0.228 e. The minimum atomic E-state index is -0.264. The highest BCUT2D eigenvalue weighted by atomic mass is 16.2. The number of rotatable bonds is 3. The molecule has 0 saturated carbocycles. The van der Waals surface area contributed by atoms with Crippen LogP contribution in [0.2, 0.25) is 0 Å². The second-order valence-corrected chi connectivity index (χ2v) is 7.07. The summed E-state index contributed by atoms with van der Waals surface area (Å²) >= 11 is 0. The van der Waals surface area contributed by atoms with Gasteiger partial charge >= 0.3 is 0 Å². The number of benzene rings is 1. The van der Waals surface area contributed by atoms with Crippen LogP contribution in [-0.2, 0) is 9.59 Å². The molecular weight excluding hydrogens is 326 g/mol. The molecule has 0 spiro atoms. The highest BCUT2D eigenvalue weighted by Crippen LogP contribution is 2.34. The summed E-state index contributed by atoms with van der Waals surface area (Å²) in [5.41, 5.74) is 1.96. The normalized spacial score (nSPS) is 23.3. The molecule has 1 aromatic carbocycles. The lowest BCUT2D eigenvalue weighted by Gasteiger charge is -2.37. The van der Waals surface area contributed by atoms with Crippen molar-refractivity contribution in [1.29, 1.82) is 0 Å². The maximum atomic E-state index is 13.2. The van der Waals surface area contributed by atoms with E-state index in [2.05, 4.69) is 4.98 Å². The Morgan fingerprint density at radius 1 is 1.08 bits per heavy atom. The Balaban J connectivity index is 1.52. The number of nitrogens with zero attached hydrogens (tertiary/aromatic N) is 3. The predicted molar refractivity (Wildman–Crippen MR) is 99.4 cm³/mol. The molecule has 0 aliphatic carbocycles. The van der Waals surface area contributed by atoms with E-state index in [1.807, 2.05) is 53.6 Å². The Bertz CT molecular complexity index is 778. The average molecular weight is 349 g/mol. The van der Waals surface area contributed by atoms with Gasteiger partial charge in [-0.1, -0.05) is 24.3 Å². The van der Waals surface area contributed by atoms with Crippen LogP contribution in [0.3, 0.4) is 0 Å². The first-order chi connectivity index (χ1) is 12.7. The van der Waals surface area contributed by atoms with Crippen LogP contribution in [0.1, 0.15) is 37.3 Å². The number of likely N-dealkylation sites (tertiary alicyclic amines) is 1. The van der Waals surface area contributed by atoms with E-state index in [0.29, 0.717) is 13.0 Å². The number of anilines is 1. The van der Waals surface area contributed by atoms with Gasteiger partial charge in [-0.2, -0.15) is 0 Å². The van der Waals surface area contributed by atoms with Gasteiger partial charge in [-0.05, 0) is 43.0 Å². The number of amides is 2. The molecule has 0 unspecified atom stereocenters. The van der Waals surface area contributed by atoms with Crippen LogP contribution in [0, 0.1) is 5.92 Å². The number of piperidine rings is 1. The van der Waals surface area contributed by atoms with Crippen molar-refractivity contribution in [2.45, 2.75) is 31.7 Å². The molecule has 5 nitrogen and oxygen atoms in total. The molecule has 0 bridgehead atoms. The van der Waals surface area contributed by atoms with Crippen LogP contribution >= 0.6 is 0 Å². The van der Waals surface area contributed by atoms with Crippen molar-refractivity contribution in [2.75, 3.05) is 18.0 Å². The standard InChI is InChI=1S/C21H23N3O2/c25-20-13-17(15-24(20)18-8-2-1-3-9-18)21(26)23-12-5-4-10-19(23)16-7-6-11-22-14-16/h1-3,6-9,11,14,17,19H,4-5,10,12-13,15H2/t17-,19+/m1/s1. The molecule has 0 N–H and O–H groups in total. The van der Waals surface area contributed by atoms with E-state index >= 15 is 0 Å². The smallest absolute Gasteiger partial charge is 0.228 e. The topological polar surface area (TPSA) is 53.5 Å². The summed E-state index contributed by atoms with van der Waals surface area (Å²) in [6, 6.07) is 13.6. The molecule has 2 aromatic rings. The van der Waals surface area contributed by atoms with Crippen molar-refractivity contribution in [1.82, 2.24) is 9.88 Å². The zero-order chi connectivity index (χ0) is 17.9.